The Balaban J connectivity index is 1.83. The molecule has 0 aliphatic carbocycles. The van der Waals surface area contributed by atoms with E-state index >= 15 is 0 Å². The van der Waals surface area contributed by atoms with Gasteiger partial charge in [-0.1, -0.05) is 23.2 Å². The Hall–Kier alpha value is -2.07. The minimum atomic E-state index is -3.96. The summed E-state index contributed by atoms with van der Waals surface area (Å²) in [6.45, 7) is 1.27. The van der Waals surface area contributed by atoms with E-state index in [-0.39, 0.29) is 28.0 Å². The molecule has 2 aromatic carbocycles. The van der Waals surface area contributed by atoms with Gasteiger partial charge in [0.1, 0.15) is 4.90 Å². The first-order chi connectivity index (χ1) is 14.2. The van der Waals surface area contributed by atoms with E-state index in [1.165, 1.54) is 37.8 Å². The fraction of sp³-hybridized carbons (Fsp3) is 0.368. The number of benzene rings is 2. The molecule has 1 saturated heterocycles. The van der Waals surface area contributed by atoms with Crippen LogP contribution < -0.4 is 19.1 Å². The summed E-state index contributed by atoms with van der Waals surface area (Å²) >= 11 is 11.8. The topological polar surface area (TPSA) is 88.5 Å². The van der Waals surface area contributed by atoms with E-state index in [1.54, 1.807) is 0 Å². The van der Waals surface area contributed by atoms with E-state index in [1.807, 2.05) is 17.0 Å². The summed E-state index contributed by atoms with van der Waals surface area (Å²) in [6, 6.07) is 6.12. The van der Waals surface area contributed by atoms with Gasteiger partial charge in [0.2, 0.25) is 15.8 Å². The third-order valence-electron chi connectivity index (χ3n) is 4.86. The summed E-state index contributed by atoms with van der Waals surface area (Å²) in [7, 11) is 0.639. The van der Waals surface area contributed by atoms with Crippen LogP contribution in [0.1, 0.15) is 0 Å². The lowest BCUT2D eigenvalue weighted by molar-refractivity contribution is 0.324. The van der Waals surface area contributed by atoms with Gasteiger partial charge in [-0.3, -0.25) is 0 Å². The van der Waals surface area contributed by atoms with Crippen LogP contribution in [0.3, 0.4) is 0 Å². The van der Waals surface area contributed by atoms with Gasteiger partial charge in [0.25, 0.3) is 0 Å². The fourth-order valence-corrected chi connectivity index (χ4v) is 5.48. The summed E-state index contributed by atoms with van der Waals surface area (Å²) in [5.74, 6) is 1.01. The Morgan fingerprint density at radius 3 is 1.97 bits per heavy atom. The average molecular weight is 477 g/mol. The average Bonchev–Trinajstić information content (AvgIpc) is 2.75. The number of methoxy groups -OCH3 is 3. The Kier molecular flexibility index (Phi) is 6.76. The van der Waals surface area contributed by atoms with Gasteiger partial charge < -0.3 is 24.2 Å². The molecule has 0 aromatic heterocycles. The van der Waals surface area contributed by atoms with Gasteiger partial charge in [-0.15, -0.1) is 0 Å². The lowest BCUT2D eigenvalue weighted by atomic mass is 10.2. The molecule has 0 radical (unpaired) electrons. The Labute approximate surface area is 185 Å². The maximum Gasteiger partial charge on any atom is 0.246 e. The number of anilines is 1. The maximum atomic E-state index is 13.0. The number of nitrogens with zero attached hydrogens (tertiary/aromatic N) is 2. The fourth-order valence-electron chi connectivity index (χ4n) is 3.31. The molecular weight excluding hydrogens is 455 g/mol. The molecule has 30 heavy (non-hydrogen) atoms. The number of hydrogen-bond donors (Lipinski definition) is 1. The molecule has 1 heterocycles. The molecule has 0 saturated carbocycles. The Bertz CT molecular complexity index is 1010. The number of halogens is 2. The number of sulfonamides is 1. The summed E-state index contributed by atoms with van der Waals surface area (Å²) in [5, 5.41) is 10.2. The van der Waals surface area contributed by atoms with Crippen LogP contribution in [0.2, 0.25) is 10.0 Å². The number of aromatic hydroxyl groups is 1. The van der Waals surface area contributed by atoms with Gasteiger partial charge in [0.15, 0.2) is 17.2 Å². The molecule has 11 heteroatoms. The standard InChI is InChI=1S/C19H22Cl2N2O6S/c1-27-15-10-13(11-16(28-2)19(15)29-3)22-4-6-23(7-5-22)30(25,26)17-9-12(20)8-14(21)18(17)24/h8-11,24H,4-7H2,1-3H3. The van der Waals surface area contributed by atoms with Crippen LogP contribution in [0.4, 0.5) is 5.69 Å². The van der Waals surface area contributed by atoms with Crippen molar-refractivity contribution < 1.29 is 27.7 Å². The number of phenols is 1. The molecule has 0 bridgehead atoms. The van der Waals surface area contributed by atoms with Crippen LogP contribution in [0.15, 0.2) is 29.2 Å². The SMILES string of the molecule is COc1cc(N2CCN(S(=O)(=O)c3cc(Cl)cc(Cl)c3O)CC2)cc(OC)c1OC. The van der Waals surface area contributed by atoms with Crippen LogP contribution in [0.25, 0.3) is 0 Å². The van der Waals surface area contributed by atoms with Crippen molar-refractivity contribution in [3.8, 4) is 23.0 Å². The van der Waals surface area contributed by atoms with Gasteiger partial charge in [-0.05, 0) is 12.1 Å². The monoisotopic (exact) mass is 476 g/mol. The van der Waals surface area contributed by atoms with Crippen LogP contribution >= 0.6 is 23.2 Å². The Morgan fingerprint density at radius 1 is 0.900 bits per heavy atom. The summed E-state index contributed by atoms with van der Waals surface area (Å²) in [4.78, 5) is 1.71. The van der Waals surface area contributed by atoms with Crippen molar-refractivity contribution in [2.45, 2.75) is 4.90 Å². The van der Waals surface area contributed by atoms with Crippen molar-refractivity contribution in [1.29, 1.82) is 0 Å². The van der Waals surface area contributed by atoms with Gasteiger partial charge in [0, 0.05) is 49.0 Å². The zero-order chi connectivity index (χ0) is 22.1. The predicted molar refractivity (Wildman–Crippen MR) is 115 cm³/mol. The molecule has 0 unspecified atom stereocenters. The van der Waals surface area contributed by atoms with E-state index in [0.29, 0.717) is 30.3 Å². The highest BCUT2D eigenvalue weighted by molar-refractivity contribution is 7.89. The minimum absolute atomic E-state index is 0.114. The first kappa shape index (κ1) is 22.6. The molecule has 0 atom stereocenters. The molecule has 8 nitrogen and oxygen atoms in total. The number of piperazine rings is 1. The molecule has 1 fully saturated rings. The zero-order valence-electron chi connectivity index (χ0n) is 16.7. The summed E-state index contributed by atoms with van der Waals surface area (Å²) in [6.07, 6.45) is 0. The molecule has 2 aromatic rings. The molecular formula is C19H22Cl2N2O6S. The van der Waals surface area contributed by atoms with Crippen molar-refractivity contribution in [2.75, 3.05) is 52.4 Å². The smallest absolute Gasteiger partial charge is 0.246 e. The molecule has 0 spiro atoms. The zero-order valence-corrected chi connectivity index (χ0v) is 19.0. The Morgan fingerprint density at radius 2 is 1.47 bits per heavy atom. The second-order valence-electron chi connectivity index (χ2n) is 6.51. The highest BCUT2D eigenvalue weighted by Gasteiger charge is 2.32. The first-order valence-corrected chi connectivity index (χ1v) is 11.2. The van der Waals surface area contributed by atoms with Crippen LogP contribution in [-0.4, -0.2) is 65.3 Å². The van der Waals surface area contributed by atoms with E-state index < -0.39 is 15.8 Å². The van der Waals surface area contributed by atoms with Crippen molar-refractivity contribution in [2.24, 2.45) is 0 Å². The second kappa shape index (κ2) is 8.97. The number of ether oxygens (including phenoxy) is 3. The predicted octanol–water partition coefficient (Wildman–Crippen LogP) is 3.24. The largest absolute Gasteiger partial charge is 0.505 e. The van der Waals surface area contributed by atoms with Gasteiger partial charge in [0.05, 0.1) is 26.4 Å². The highest BCUT2D eigenvalue weighted by atomic mass is 35.5. The van der Waals surface area contributed by atoms with E-state index in [2.05, 4.69) is 0 Å². The van der Waals surface area contributed by atoms with E-state index in [4.69, 9.17) is 37.4 Å². The molecule has 164 valence electrons. The summed E-state index contributed by atoms with van der Waals surface area (Å²) < 4.78 is 43.4. The highest BCUT2D eigenvalue weighted by Crippen LogP contribution is 2.41. The quantitative estimate of drug-likeness (QED) is 0.684. The van der Waals surface area contributed by atoms with Crippen molar-refractivity contribution in [3.63, 3.8) is 0 Å². The molecule has 1 aliphatic heterocycles. The maximum absolute atomic E-state index is 13.0. The lowest BCUT2D eigenvalue weighted by Crippen LogP contribution is -2.48. The third-order valence-corrected chi connectivity index (χ3v) is 7.28. The summed E-state index contributed by atoms with van der Waals surface area (Å²) in [5.41, 5.74) is 0.815. The normalized spacial score (nSPS) is 15.2. The molecule has 1 aliphatic rings. The second-order valence-corrected chi connectivity index (χ2v) is 9.26. The van der Waals surface area contributed by atoms with Gasteiger partial charge in [-0.25, -0.2) is 8.42 Å². The first-order valence-electron chi connectivity index (χ1n) is 8.96. The molecule has 1 N–H and O–H groups in total. The van der Waals surface area contributed by atoms with E-state index in [0.717, 1.165) is 5.69 Å². The van der Waals surface area contributed by atoms with Crippen molar-refractivity contribution in [3.05, 3.63) is 34.3 Å². The van der Waals surface area contributed by atoms with Crippen molar-refractivity contribution >= 4 is 38.9 Å². The van der Waals surface area contributed by atoms with Crippen molar-refractivity contribution in [1.82, 2.24) is 4.31 Å². The third kappa shape index (κ3) is 4.20. The van der Waals surface area contributed by atoms with Gasteiger partial charge >= 0.3 is 0 Å². The van der Waals surface area contributed by atoms with Gasteiger partial charge in [-0.2, -0.15) is 4.31 Å². The van der Waals surface area contributed by atoms with E-state index in [9.17, 15) is 13.5 Å². The van der Waals surface area contributed by atoms with Crippen LogP contribution in [0, 0.1) is 0 Å². The number of rotatable bonds is 6. The molecule has 3 rings (SSSR count). The van der Waals surface area contributed by atoms with Crippen LogP contribution in [0.5, 0.6) is 23.0 Å². The lowest BCUT2D eigenvalue weighted by Gasteiger charge is -2.35. The number of hydrogen-bond acceptors (Lipinski definition) is 7. The van der Waals surface area contributed by atoms with Crippen LogP contribution in [-0.2, 0) is 10.0 Å². The minimum Gasteiger partial charge on any atom is -0.505 e. The number of phenolic OH excluding ortho intramolecular Hbond substituents is 1. The molecule has 0 amide bonds.